The summed E-state index contributed by atoms with van der Waals surface area (Å²) in [5.41, 5.74) is 2.42. The minimum absolute atomic E-state index is 0.0644. The minimum Gasteiger partial charge on any atom is -0.343 e. The smallest absolute Gasteiger partial charge is 0.223 e. The van der Waals surface area contributed by atoms with E-state index in [1.54, 1.807) is 28.0 Å². The van der Waals surface area contributed by atoms with Crippen molar-refractivity contribution in [3.8, 4) is 11.3 Å². The number of hydrogen-bond acceptors (Lipinski definition) is 7. The molecule has 174 valence electrons. The van der Waals surface area contributed by atoms with Gasteiger partial charge in [-0.25, -0.2) is 13.9 Å². The first-order valence-electron chi connectivity index (χ1n) is 11.3. The molecule has 1 aromatic carbocycles. The third-order valence-electron chi connectivity index (χ3n) is 6.60. The fraction of sp³-hybridized carbons (Fsp3) is 0.333. The van der Waals surface area contributed by atoms with Gasteiger partial charge in [-0.2, -0.15) is 0 Å². The first-order valence-corrected chi connectivity index (χ1v) is 13.0. The number of fused-ring (bicyclic) bond motifs is 2. The van der Waals surface area contributed by atoms with Crippen molar-refractivity contribution < 1.29 is 14.0 Å². The Morgan fingerprint density at radius 3 is 2.68 bits per heavy atom. The largest absolute Gasteiger partial charge is 0.343 e. The zero-order chi connectivity index (χ0) is 23.2. The van der Waals surface area contributed by atoms with Gasteiger partial charge in [0, 0.05) is 54.5 Å². The molecule has 0 N–H and O–H groups in total. The summed E-state index contributed by atoms with van der Waals surface area (Å²) in [5.74, 6) is -0.283. The minimum atomic E-state index is -0.273. The molecule has 3 aromatic heterocycles. The number of anilines is 1. The number of hydrogen-bond donors (Lipinski definition) is 0. The molecule has 2 aliphatic rings. The standard InChI is InChI=1S/C24H22FN5O2S2/c25-17-4-1-15(2-5-17)19-14-30-23(26-19)34-24(27-30)29-10-8-28(9-11-29)21(31)13-16-3-6-20-18(22(16)32)7-12-33-20/h1-2,4-5,7,12,14,16H,3,6,8-11,13H2. The normalized spacial score (nSPS) is 18.5. The number of carbonyl (C=O) groups is 2. The lowest BCUT2D eigenvalue weighted by atomic mass is 9.84. The molecule has 1 aliphatic heterocycles. The van der Waals surface area contributed by atoms with Crippen LogP contribution in [-0.4, -0.2) is 57.4 Å². The average Bonchev–Trinajstić information content (AvgIpc) is 3.57. The summed E-state index contributed by atoms with van der Waals surface area (Å²) in [6, 6.07) is 8.15. The van der Waals surface area contributed by atoms with Crippen molar-refractivity contribution in [2.24, 2.45) is 5.92 Å². The molecule has 1 saturated heterocycles. The number of thiophene rings is 1. The number of aromatic nitrogens is 3. The zero-order valence-corrected chi connectivity index (χ0v) is 19.9. The van der Waals surface area contributed by atoms with Gasteiger partial charge in [-0.15, -0.1) is 16.4 Å². The SMILES string of the molecule is O=C1c2ccsc2CCC1CC(=O)N1CCN(c2nn3cc(-c4ccc(F)cc4)nc3s2)CC1. The van der Waals surface area contributed by atoms with Crippen LogP contribution in [0.1, 0.15) is 28.1 Å². The molecule has 4 heterocycles. The second kappa shape index (κ2) is 8.59. The van der Waals surface area contributed by atoms with E-state index in [1.165, 1.54) is 23.5 Å². The molecule has 1 amide bonds. The van der Waals surface area contributed by atoms with Crippen molar-refractivity contribution in [1.82, 2.24) is 19.5 Å². The molecule has 0 saturated carbocycles. The third kappa shape index (κ3) is 3.90. The predicted octanol–water partition coefficient (Wildman–Crippen LogP) is 4.14. The van der Waals surface area contributed by atoms with Gasteiger partial charge in [0.25, 0.3) is 0 Å². The number of rotatable bonds is 4. The lowest BCUT2D eigenvalue weighted by molar-refractivity contribution is -0.132. The van der Waals surface area contributed by atoms with Crippen molar-refractivity contribution in [2.45, 2.75) is 19.3 Å². The number of halogens is 1. The first kappa shape index (κ1) is 21.4. The Hall–Kier alpha value is -3.11. The molecular weight excluding hydrogens is 473 g/mol. The highest BCUT2D eigenvalue weighted by Crippen LogP contribution is 2.32. The second-order valence-corrected chi connectivity index (χ2v) is 10.6. The highest BCUT2D eigenvalue weighted by atomic mass is 32.1. The van der Waals surface area contributed by atoms with Gasteiger partial charge in [0.1, 0.15) is 5.82 Å². The number of carbonyl (C=O) groups excluding carboxylic acids is 2. The van der Waals surface area contributed by atoms with Crippen LogP contribution in [0.5, 0.6) is 0 Å². The van der Waals surface area contributed by atoms with E-state index in [9.17, 15) is 14.0 Å². The van der Waals surface area contributed by atoms with Gasteiger partial charge in [0.05, 0.1) is 11.9 Å². The molecule has 6 rings (SSSR count). The van der Waals surface area contributed by atoms with Crippen molar-refractivity contribution in [2.75, 3.05) is 31.1 Å². The molecule has 1 unspecified atom stereocenters. The highest BCUT2D eigenvalue weighted by molar-refractivity contribution is 7.20. The van der Waals surface area contributed by atoms with E-state index in [1.807, 2.05) is 22.5 Å². The number of ketones is 1. The van der Waals surface area contributed by atoms with Gasteiger partial charge in [0.2, 0.25) is 16.0 Å². The number of Topliss-reactive ketones (excluding diaryl/α,β-unsaturated/α-hetero) is 1. The van der Waals surface area contributed by atoms with Crippen molar-refractivity contribution in [3.63, 3.8) is 0 Å². The van der Waals surface area contributed by atoms with Crippen LogP contribution in [0, 0.1) is 11.7 Å². The van der Waals surface area contributed by atoms with Gasteiger partial charge in [-0.05, 0) is 48.6 Å². The lowest BCUT2D eigenvalue weighted by Crippen LogP contribution is -2.49. The van der Waals surface area contributed by atoms with Crippen LogP contribution in [0.4, 0.5) is 9.52 Å². The van der Waals surface area contributed by atoms with Gasteiger partial charge in [-0.3, -0.25) is 9.59 Å². The zero-order valence-electron chi connectivity index (χ0n) is 18.3. The molecule has 34 heavy (non-hydrogen) atoms. The average molecular weight is 496 g/mol. The van der Waals surface area contributed by atoms with Crippen LogP contribution in [-0.2, 0) is 11.2 Å². The Morgan fingerprint density at radius 1 is 1.12 bits per heavy atom. The summed E-state index contributed by atoms with van der Waals surface area (Å²) in [7, 11) is 0. The maximum atomic E-state index is 13.2. The van der Waals surface area contributed by atoms with Crippen LogP contribution < -0.4 is 4.90 Å². The fourth-order valence-corrected chi connectivity index (χ4v) is 6.50. The molecule has 1 atom stereocenters. The fourth-order valence-electron chi connectivity index (χ4n) is 4.67. The van der Waals surface area contributed by atoms with Gasteiger partial charge < -0.3 is 9.80 Å². The maximum Gasteiger partial charge on any atom is 0.223 e. The molecule has 0 bridgehead atoms. The molecule has 4 aromatic rings. The lowest BCUT2D eigenvalue weighted by Gasteiger charge is -2.35. The van der Waals surface area contributed by atoms with E-state index in [-0.39, 0.29) is 23.4 Å². The topological polar surface area (TPSA) is 70.8 Å². The van der Waals surface area contributed by atoms with E-state index >= 15 is 0 Å². The van der Waals surface area contributed by atoms with E-state index < -0.39 is 0 Å². The number of nitrogens with zero attached hydrogens (tertiary/aromatic N) is 5. The monoisotopic (exact) mass is 495 g/mol. The van der Waals surface area contributed by atoms with E-state index in [4.69, 9.17) is 0 Å². The van der Waals surface area contributed by atoms with Crippen molar-refractivity contribution in [1.29, 1.82) is 0 Å². The highest BCUT2D eigenvalue weighted by Gasteiger charge is 2.32. The van der Waals surface area contributed by atoms with Crippen LogP contribution in [0.3, 0.4) is 0 Å². The maximum absolute atomic E-state index is 13.2. The molecule has 1 fully saturated rings. The Labute approximate surface area is 203 Å². The molecule has 7 nitrogen and oxygen atoms in total. The van der Waals surface area contributed by atoms with Gasteiger partial charge in [-0.1, -0.05) is 11.3 Å². The number of aryl methyl sites for hydroxylation is 1. The second-order valence-electron chi connectivity index (χ2n) is 8.67. The van der Waals surface area contributed by atoms with Crippen LogP contribution in [0.15, 0.2) is 41.9 Å². The molecular formula is C24H22FN5O2S2. The van der Waals surface area contributed by atoms with Crippen molar-refractivity contribution >= 4 is 44.5 Å². The van der Waals surface area contributed by atoms with Crippen molar-refractivity contribution in [3.05, 3.63) is 58.2 Å². The Kier molecular flexibility index (Phi) is 5.41. The summed E-state index contributed by atoms with van der Waals surface area (Å²) < 4.78 is 14.9. The van der Waals surface area contributed by atoms with E-state index in [0.717, 1.165) is 44.6 Å². The molecule has 0 spiro atoms. The summed E-state index contributed by atoms with van der Waals surface area (Å²) in [6.45, 7) is 2.62. The number of piperazine rings is 1. The van der Waals surface area contributed by atoms with Gasteiger partial charge in [0.15, 0.2) is 5.78 Å². The third-order valence-corrected chi connectivity index (χ3v) is 8.56. The van der Waals surface area contributed by atoms with Crippen LogP contribution >= 0.6 is 22.7 Å². The number of imidazole rings is 1. The number of benzene rings is 1. The predicted molar refractivity (Wildman–Crippen MR) is 130 cm³/mol. The Balaban J connectivity index is 1.07. The summed E-state index contributed by atoms with van der Waals surface area (Å²) in [4.78, 5) is 36.2. The Bertz CT molecular complexity index is 1340. The quantitative estimate of drug-likeness (QED) is 0.426. The van der Waals surface area contributed by atoms with E-state index in [0.29, 0.717) is 32.6 Å². The van der Waals surface area contributed by atoms with Gasteiger partial charge >= 0.3 is 0 Å². The molecule has 0 radical (unpaired) electrons. The van der Waals surface area contributed by atoms with Crippen LogP contribution in [0.25, 0.3) is 16.2 Å². The van der Waals surface area contributed by atoms with Crippen LogP contribution in [0.2, 0.25) is 0 Å². The first-order chi connectivity index (χ1) is 16.5. The Morgan fingerprint density at radius 2 is 1.91 bits per heavy atom. The van der Waals surface area contributed by atoms with E-state index in [2.05, 4.69) is 15.0 Å². The summed E-state index contributed by atoms with van der Waals surface area (Å²) in [6.07, 6.45) is 3.80. The molecule has 10 heteroatoms. The number of amides is 1. The molecule has 1 aliphatic carbocycles. The summed E-state index contributed by atoms with van der Waals surface area (Å²) in [5, 5.41) is 7.50. The summed E-state index contributed by atoms with van der Waals surface area (Å²) >= 11 is 3.13.